The lowest BCUT2D eigenvalue weighted by Gasteiger charge is -2.37. The van der Waals surface area contributed by atoms with Crippen LogP contribution in [0.4, 0.5) is 10.5 Å². The minimum atomic E-state index is -0.528. The standard InChI is InChI=1S/C29H48N6O4/c1-7-8-13-32-27(37)22(19(2)3)15-23(30)24(34-31)16-29(4,5)17-26(36)35-18-21(33-28(38)39-6)14-20-11-9-10-12-25(20)35/h9-12,19,21-24,31H,7-8,13-18,30H2,1-6H3,(H,32,37)(H,33,38)/t21-,22+,23+,24+/m1/s1. The molecule has 39 heavy (non-hydrogen) atoms. The SMILES string of the molecule is CCCCNC(=O)[C@@H](C[C@H](N)[C@H](CC(C)(C)CC(=O)N1C[C@H](NC(=O)OC)Cc2ccccc21)N=N)C(C)C. The zero-order chi connectivity index (χ0) is 29.2. The first-order valence-electron chi connectivity index (χ1n) is 14.0. The molecule has 1 aliphatic rings. The Morgan fingerprint density at radius 3 is 2.56 bits per heavy atom. The van der Waals surface area contributed by atoms with Crippen LogP contribution in [0.1, 0.15) is 72.3 Å². The van der Waals surface area contributed by atoms with Gasteiger partial charge in [-0.2, -0.15) is 5.11 Å². The highest BCUT2D eigenvalue weighted by Crippen LogP contribution is 2.34. The third kappa shape index (κ3) is 9.60. The van der Waals surface area contributed by atoms with Crippen LogP contribution >= 0.6 is 0 Å². The Balaban J connectivity index is 2.10. The van der Waals surface area contributed by atoms with E-state index in [-0.39, 0.29) is 36.1 Å². The number of anilines is 1. The summed E-state index contributed by atoms with van der Waals surface area (Å²) in [6.07, 6.45) is 3.09. The first kappa shape index (κ1) is 32.2. The Bertz CT molecular complexity index is 982. The molecule has 0 aliphatic carbocycles. The van der Waals surface area contributed by atoms with Gasteiger partial charge in [-0.1, -0.05) is 59.2 Å². The second-order valence-corrected chi connectivity index (χ2v) is 11.8. The number of ether oxygens (including phenoxy) is 1. The lowest BCUT2D eigenvalue weighted by molar-refractivity contribution is -0.126. The number of methoxy groups -OCH3 is 1. The van der Waals surface area contributed by atoms with E-state index in [4.69, 9.17) is 16.0 Å². The third-order valence-corrected chi connectivity index (χ3v) is 7.51. The lowest BCUT2D eigenvalue weighted by Crippen LogP contribution is -2.51. The van der Waals surface area contributed by atoms with E-state index in [2.05, 4.69) is 22.7 Å². The first-order valence-corrected chi connectivity index (χ1v) is 14.0. The quantitative estimate of drug-likeness (QED) is 0.202. The maximum absolute atomic E-state index is 13.6. The monoisotopic (exact) mass is 544 g/mol. The summed E-state index contributed by atoms with van der Waals surface area (Å²) < 4.78 is 4.76. The molecule has 0 aromatic heterocycles. The molecule has 218 valence electrons. The van der Waals surface area contributed by atoms with Gasteiger partial charge in [-0.3, -0.25) is 9.59 Å². The van der Waals surface area contributed by atoms with Crippen molar-refractivity contribution in [2.45, 2.75) is 91.3 Å². The summed E-state index contributed by atoms with van der Waals surface area (Å²) in [7, 11) is 1.32. The van der Waals surface area contributed by atoms with Crippen LogP contribution in [0, 0.1) is 22.8 Å². The van der Waals surface area contributed by atoms with Crippen molar-refractivity contribution < 1.29 is 19.1 Å². The topological polar surface area (TPSA) is 150 Å². The number of nitrogens with zero attached hydrogens (tertiary/aromatic N) is 2. The summed E-state index contributed by atoms with van der Waals surface area (Å²) in [5, 5.41) is 9.67. The Morgan fingerprint density at radius 1 is 1.26 bits per heavy atom. The average molecular weight is 545 g/mol. The summed E-state index contributed by atoms with van der Waals surface area (Å²) in [5.74, 6) is -0.248. The molecule has 10 heteroatoms. The highest BCUT2D eigenvalue weighted by molar-refractivity contribution is 5.95. The van der Waals surface area contributed by atoms with E-state index in [1.807, 2.05) is 52.0 Å². The molecule has 0 saturated carbocycles. The predicted octanol–water partition coefficient (Wildman–Crippen LogP) is 4.41. The normalized spacial score (nSPS) is 17.5. The lowest BCUT2D eigenvalue weighted by atomic mass is 9.78. The molecule has 0 spiro atoms. The van der Waals surface area contributed by atoms with E-state index in [0.717, 1.165) is 24.1 Å². The number of para-hydroxylation sites is 1. The van der Waals surface area contributed by atoms with Crippen LogP contribution in [0.3, 0.4) is 0 Å². The fourth-order valence-electron chi connectivity index (χ4n) is 5.24. The zero-order valence-electron chi connectivity index (χ0n) is 24.5. The van der Waals surface area contributed by atoms with Crippen molar-refractivity contribution in [2.24, 2.45) is 28.1 Å². The molecule has 2 rings (SSSR count). The minimum Gasteiger partial charge on any atom is -0.453 e. The number of alkyl carbamates (subject to hydrolysis) is 1. The van der Waals surface area contributed by atoms with Gasteiger partial charge in [-0.25, -0.2) is 10.3 Å². The molecule has 1 aromatic carbocycles. The summed E-state index contributed by atoms with van der Waals surface area (Å²) in [4.78, 5) is 40.0. The van der Waals surface area contributed by atoms with Crippen LogP contribution in [0.2, 0.25) is 0 Å². The molecule has 4 atom stereocenters. The van der Waals surface area contributed by atoms with E-state index in [1.165, 1.54) is 7.11 Å². The maximum atomic E-state index is 13.6. The van der Waals surface area contributed by atoms with E-state index in [0.29, 0.717) is 32.4 Å². The molecule has 5 N–H and O–H groups in total. The van der Waals surface area contributed by atoms with Crippen molar-refractivity contribution in [3.63, 3.8) is 0 Å². The van der Waals surface area contributed by atoms with Crippen LogP contribution in [0.15, 0.2) is 29.4 Å². The molecule has 0 bridgehead atoms. The number of carbonyl (C=O) groups excluding carboxylic acids is 3. The smallest absolute Gasteiger partial charge is 0.407 e. The second-order valence-electron chi connectivity index (χ2n) is 11.8. The average Bonchev–Trinajstić information content (AvgIpc) is 2.89. The van der Waals surface area contributed by atoms with Crippen LogP contribution in [-0.4, -0.2) is 56.2 Å². The molecular weight excluding hydrogens is 496 g/mol. The number of benzene rings is 1. The molecule has 0 radical (unpaired) electrons. The van der Waals surface area contributed by atoms with E-state index < -0.39 is 23.6 Å². The van der Waals surface area contributed by atoms with Crippen molar-refractivity contribution in [2.75, 3.05) is 25.1 Å². The number of unbranched alkanes of at least 4 members (excludes halogenated alkanes) is 1. The fourth-order valence-corrected chi connectivity index (χ4v) is 5.24. The third-order valence-electron chi connectivity index (χ3n) is 7.51. The van der Waals surface area contributed by atoms with Crippen LogP contribution in [0.25, 0.3) is 0 Å². The van der Waals surface area contributed by atoms with Gasteiger partial charge in [-0.05, 0) is 48.6 Å². The number of amides is 3. The van der Waals surface area contributed by atoms with Crippen molar-refractivity contribution in [1.82, 2.24) is 10.6 Å². The van der Waals surface area contributed by atoms with Crippen molar-refractivity contribution >= 4 is 23.6 Å². The highest BCUT2D eigenvalue weighted by atomic mass is 16.5. The number of fused-ring (bicyclic) bond motifs is 1. The molecule has 10 nitrogen and oxygen atoms in total. The van der Waals surface area contributed by atoms with Crippen LogP contribution in [0.5, 0.6) is 0 Å². The Labute approximate surface area is 233 Å². The van der Waals surface area contributed by atoms with Crippen molar-refractivity contribution in [3.8, 4) is 0 Å². The number of carbonyl (C=O) groups is 3. The van der Waals surface area contributed by atoms with Gasteiger partial charge in [0.25, 0.3) is 0 Å². The van der Waals surface area contributed by atoms with Gasteiger partial charge in [-0.15, -0.1) is 0 Å². The van der Waals surface area contributed by atoms with Crippen molar-refractivity contribution in [3.05, 3.63) is 29.8 Å². The molecule has 0 unspecified atom stereocenters. The van der Waals surface area contributed by atoms with Crippen LogP contribution in [-0.2, 0) is 20.7 Å². The predicted molar refractivity (Wildman–Crippen MR) is 153 cm³/mol. The number of nitrogens with two attached hydrogens (primary N) is 1. The van der Waals surface area contributed by atoms with Gasteiger partial charge in [0.15, 0.2) is 0 Å². The Hall–Kier alpha value is -3.01. The first-order chi connectivity index (χ1) is 18.4. The molecule has 1 heterocycles. The van der Waals surface area contributed by atoms with Gasteiger partial charge in [0.1, 0.15) is 0 Å². The van der Waals surface area contributed by atoms with Gasteiger partial charge >= 0.3 is 6.09 Å². The highest BCUT2D eigenvalue weighted by Gasteiger charge is 2.36. The number of hydrogen-bond donors (Lipinski definition) is 4. The second kappa shape index (κ2) is 15.0. The summed E-state index contributed by atoms with van der Waals surface area (Å²) >= 11 is 0. The number of nitrogens with one attached hydrogen (secondary N) is 3. The zero-order valence-corrected chi connectivity index (χ0v) is 24.5. The molecule has 1 aliphatic heterocycles. The largest absolute Gasteiger partial charge is 0.453 e. The van der Waals surface area contributed by atoms with E-state index in [9.17, 15) is 14.4 Å². The van der Waals surface area contributed by atoms with Gasteiger partial charge in [0, 0.05) is 37.2 Å². The van der Waals surface area contributed by atoms with Gasteiger partial charge in [0.05, 0.1) is 19.2 Å². The molecular formula is C29H48N6O4. The summed E-state index contributed by atoms with van der Waals surface area (Å²) in [6.45, 7) is 11.0. The van der Waals surface area contributed by atoms with Gasteiger partial charge in [0.2, 0.25) is 11.8 Å². The van der Waals surface area contributed by atoms with Crippen molar-refractivity contribution in [1.29, 1.82) is 5.53 Å². The number of hydrogen-bond acceptors (Lipinski definition) is 7. The minimum absolute atomic E-state index is 0.00838. The van der Waals surface area contributed by atoms with Crippen LogP contribution < -0.4 is 21.3 Å². The molecule has 1 aromatic rings. The summed E-state index contributed by atoms with van der Waals surface area (Å²) in [6, 6.07) is 6.44. The van der Waals surface area contributed by atoms with E-state index in [1.54, 1.807) is 4.90 Å². The molecule has 0 fully saturated rings. The maximum Gasteiger partial charge on any atom is 0.407 e. The molecule has 3 amide bonds. The molecule has 0 saturated heterocycles. The van der Waals surface area contributed by atoms with E-state index >= 15 is 0 Å². The van der Waals surface area contributed by atoms with Gasteiger partial charge < -0.3 is 26.0 Å². The fraction of sp³-hybridized carbons (Fsp3) is 0.690. The number of rotatable bonds is 14. The summed E-state index contributed by atoms with van der Waals surface area (Å²) in [5.41, 5.74) is 15.7. The Kier molecular flexibility index (Phi) is 12.3. The Morgan fingerprint density at radius 2 is 1.95 bits per heavy atom.